The van der Waals surface area contributed by atoms with Crippen LogP contribution in [0.3, 0.4) is 0 Å². The van der Waals surface area contributed by atoms with Crippen molar-refractivity contribution in [2.45, 2.75) is 86.3 Å². The highest BCUT2D eigenvalue weighted by molar-refractivity contribution is 6.30. The second-order valence-corrected chi connectivity index (χ2v) is 13.0. The maximum atomic E-state index is 6.57. The van der Waals surface area contributed by atoms with E-state index in [0.29, 0.717) is 19.8 Å². The molecule has 1 N–H and O–H groups in total. The van der Waals surface area contributed by atoms with E-state index in [0.717, 1.165) is 122 Å². The highest BCUT2D eigenvalue weighted by Crippen LogP contribution is 2.39. The van der Waals surface area contributed by atoms with E-state index in [9.17, 15) is 0 Å². The molecule has 0 bridgehead atoms. The number of hydrogen-bond acceptors (Lipinski definition) is 7. The van der Waals surface area contributed by atoms with Gasteiger partial charge < -0.3 is 33.7 Å². The van der Waals surface area contributed by atoms with E-state index in [1.54, 1.807) is 0 Å². The number of fused-ring (bicyclic) bond motifs is 1. The van der Waals surface area contributed by atoms with E-state index in [1.807, 2.05) is 56.3 Å². The van der Waals surface area contributed by atoms with Crippen LogP contribution in [0.25, 0.3) is 22.4 Å². The smallest absolute Gasteiger partial charge is 0.151 e. The van der Waals surface area contributed by atoms with Crippen LogP contribution in [0.5, 0.6) is 23.0 Å². The summed E-state index contributed by atoms with van der Waals surface area (Å²) in [6.07, 6.45) is 4.70. The predicted molar refractivity (Wildman–Crippen MR) is 203 cm³/mol. The third kappa shape index (κ3) is 11.5. The zero-order valence-corrected chi connectivity index (χ0v) is 31.3. The van der Waals surface area contributed by atoms with Crippen molar-refractivity contribution in [2.75, 3.05) is 52.5 Å². The SMILES string of the molecule is CCCCn1c(-c2ccc(OCCc3ccc(Cl)cc3)cc2OCCCN(CC)CC)nc2c(OC(C)C)cc(OCCCNCC)cc21. The van der Waals surface area contributed by atoms with E-state index >= 15 is 0 Å². The number of imidazole rings is 1. The first kappa shape index (κ1) is 38.3. The van der Waals surface area contributed by atoms with Gasteiger partial charge in [-0.2, -0.15) is 0 Å². The van der Waals surface area contributed by atoms with Crippen LogP contribution in [0.2, 0.25) is 5.02 Å². The predicted octanol–water partition coefficient (Wildman–Crippen LogP) is 9.05. The molecule has 3 aromatic carbocycles. The molecule has 0 aliphatic rings. The molecule has 0 unspecified atom stereocenters. The van der Waals surface area contributed by atoms with Crippen molar-refractivity contribution in [1.82, 2.24) is 19.8 Å². The maximum Gasteiger partial charge on any atom is 0.151 e. The van der Waals surface area contributed by atoms with Gasteiger partial charge in [-0.1, -0.05) is 57.8 Å². The Morgan fingerprint density at radius 2 is 1.55 bits per heavy atom. The Balaban J connectivity index is 1.70. The summed E-state index contributed by atoms with van der Waals surface area (Å²) in [6, 6.07) is 18.1. The molecule has 0 radical (unpaired) electrons. The lowest BCUT2D eigenvalue weighted by Gasteiger charge is -2.19. The number of aryl methyl sites for hydroxylation is 1. The summed E-state index contributed by atoms with van der Waals surface area (Å²) < 4.78 is 27.7. The Morgan fingerprint density at radius 3 is 2.27 bits per heavy atom. The average Bonchev–Trinajstić information content (AvgIpc) is 3.46. The van der Waals surface area contributed by atoms with E-state index in [1.165, 1.54) is 5.56 Å². The van der Waals surface area contributed by atoms with Crippen molar-refractivity contribution in [3.8, 4) is 34.4 Å². The Hall–Kier alpha value is -3.46. The molecule has 4 rings (SSSR count). The molecule has 0 saturated carbocycles. The van der Waals surface area contributed by atoms with Gasteiger partial charge in [-0.15, -0.1) is 0 Å². The second kappa shape index (κ2) is 20.3. The van der Waals surface area contributed by atoms with Crippen molar-refractivity contribution < 1.29 is 18.9 Å². The minimum atomic E-state index is -0.00884. The van der Waals surface area contributed by atoms with Crippen molar-refractivity contribution in [3.63, 3.8) is 0 Å². The van der Waals surface area contributed by atoms with Crippen LogP contribution < -0.4 is 24.3 Å². The first-order valence-corrected chi connectivity index (χ1v) is 18.7. The quantitative estimate of drug-likeness (QED) is 0.0778. The summed E-state index contributed by atoms with van der Waals surface area (Å²) in [5, 5.41) is 4.10. The highest BCUT2D eigenvalue weighted by Gasteiger charge is 2.22. The lowest BCUT2D eigenvalue weighted by Crippen LogP contribution is -2.25. The molecular weight excluding hydrogens is 636 g/mol. The molecule has 0 saturated heterocycles. The Morgan fingerprint density at radius 1 is 0.816 bits per heavy atom. The largest absolute Gasteiger partial charge is 0.493 e. The minimum absolute atomic E-state index is 0.00884. The Kier molecular flexibility index (Phi) is 15.9. The lowest BCUT2D eigenvalue weighted by molar-refractivity contribution is 0.242. The van der Waals surface area contributed by atoms with Crippen LogP contribution in [0.4, 0.5) is 0 Å². The standard InChI is InChI=1S/C40H57ClN4O4/c1-7-11-23-45-36-27-34(46-24-12-21-42-8-2)29-38(49-30(5)6)39(36)43-40(45)35-19-18-33(47-26-20-31-14-16-32(41)17-15-31)28-37(35)48-25-13-22-44(9-3)10-4/h14-19,27-30,42H,7-13,20-26H2,1-6H3. The summed E-state index contributed by atoms with van der Waals surface area (Å²) in [5.74, 6) is 3.91. The summed E-state index contributed by atoms with van der Waals surface area (Å²) >= 11 is 6.08. The Labute approximate surface area is 299 Å². The number of nitrogens with zero attached hydrogens (tertiary/aromatic N) is 3. The fourth-order valence-corrected chi connectivity index (χ4v) is 5.88. The number of aromatic nitrogens is 2. The van der Waals surface area contributed by atoms with Crippen LogP contribution >= 0.6 is 11.6 Å². The first-order chi connectivity index (χ1) is 23.9. The van der Waals surface area contributed by atoms with Crippen LogP contribution in [0.1, 0.15) is 72.8 Å². The Bertz CT molecular complexity index is 1550. The van der Waals surface area contributed by atoms with E-state index in [4.69, 9.17) is 35.5 Å². The summed E-state index contributed by atoms with van der Waals surface area (Å²) in [4.78, 5) is 7.68. The van der Waals surface area contributed by atoms with Crippen LogP contribution in [0.15, 0.2) is 54.6 Å². The number of halogens is 1. The first-order valence-electron chi connectivity index (χ1n) is 18.3. The molecule has 8 nitrogen and oxygen atoms in total. The maximum absolute atomic E-state index is 6.57. The van der Waals surface area contributed by atoms with Crippen molar-refractivity contribution >= 4 is 22.6 Å². The van der Waals surface area contributed by atoms with E-state index < -0.39 is 0 Å². The molecule has 0 atom stereocenters. The third-order valence-corrected chi connectivity index (χ3v) is 8.70. The third-order valence-electron chi connectivity index (χ3n) is 8.44. The molecule has 0 spiro atoms. The van der Waals surface area contributed by atoms with Gasteiger partial charge in [0.2, 0.25) is 0 Å². The number of unbranched alkanes of at least 4 members (excludes halogenated alkanes) is 1. The average molecular weight is 693 g/mol. The summed E-state index contributed by atoms with van der Waals surface area (Å²) in [6.45, 7) is 20.3. The summed E-state index contributed by atoms with van der Waals surface area (Å²) in [7, 11) is 0. The molecule has 1 heterocycles. The van der Waals surface area contributed by atoms with Crippen molar-refractivity contribution in [1.29, 1.82) is 0 Å². The van der Waals surface area contributed by atoms with Crippen LogP contribution in [0, 0.1) is 0 Å². The van der Waals surface area contributed by atoms with Gasteiger partial charge in [-0.05, 0) is 89.1 Å². The van der Waals surface area contributed by atoms with Gasteiger partial charge in [0, 0.05) is 42.7 Å². The van der Waals surface area contributed by atoms with Gasteiger partial charge in [0.1, 0.15) is 28.6 Å². The molecule has 268 valence electrons. The van der Waals surface area contributed by atoms with Crippen LogP contribution in [-0.4, -0.2) is 73.1 Å². The van der Waals surface area contributed by atoms with Crippen molar-refractivity contribution in [3.05, 3.63) is 65.2 Å². The highest BCUT2D eigenvalue weighted by atomic mass is 35.5. The fourth-order valence-electron chi connectivity index (χ4n) is 5.75. The molecule has 1 aromatic heterocycles. The summed E-state index contributed by atoms with van der Waals surface area (Å²) in [5.41, 5.74) is 3.94. The minimum Gasteiger partial charge on any atom is -0.493 e. The lowest BCUT2D eigenvalue weighted by atomic mass is 10.1. The van der Waals surface area contributed by atoms with Gasteiger partial charge in [0.25, 0.3) is 0 Å². The molecule has 0 aliphatic carbocycles. The molecule has 0 amide bonds. The fraction of sp³-hybridized carbons (Fsp3) is 0.525. The van der Waals surface area contributed by atoms with Gasteiger partial charge in [-0.3, -0.25) is 0 Å². The monoisotopic (exact) mass is 692 g/mol. The molecular formula is C40H57ClN4O4. The molecule has 9 heteroatoms. The zero-order chi connectivity index (χ0) is 35.0. The van der Waals surface area contributed by atoms with Gasteiger partial charge >= 0.3 is 0 Å². The second-order valence-electron chi connectivity index (χ2n) is 12.6. The van der Waals surface area contributed by atoms with Crippen LogP contribution in [-0.2, 0) is 13.0 Å². The number of rotatable bonds is 23. The number of nitrogens with one attached hydrogen (secondary N) is 1. The molecule has 0 fully saturated rings. The zero-order valence-electron chi connectivity index (χ0n) is 30.5. The van der Waals surface area contributed by atoms with Gasteiger partial charge in [-0.25, -0.2) is 4.98 Å². The number of ether oxygens (including phenoxy) is 4. The van der Waals surface area contributed by atoms with Gasteiger partial charge in [0.05, 0.1) is 37.0 Å². The topological polar surface area (TPSA) is 70.0 Å². The van der Waals surface area contributed by atoms with Gasteiger partial charge in [0.15, 0.2) is 5.75 Å². The normalized spacial score (nSPS) is 11.5. The van der Waals surface area contributed by atoms with E-state index in [2.05, 4.69) is 54.6 Å². The molecule has 49 heavy (non-hydrogen) atoms. The molecule has 0 aliphatic heterocycles. The van der Waals surface area contributed by atoms with Crippen molar-refractivity contribution in [2.24, 2.45) is 0 Å². The number of benzene rings is 3. The number of hydrogen-bond donors (Lipinski definition) is 1. The molecule has 4 aromatic rings. The van der Waals surface area contributed by atoms with E-state index in [-0.39, 0.29) is 6.10 Å².